The third kappa shape index (κ3) is 1.69. The number of pyridine rings is 1. The molecule has 0 unspecified atom stereocenters. The van der Waals surface area contributed by atoms with Gasteiger partial charge in [-0.3, -0.25) is 4.98 Å². The average Bonchev–Trinajstić information content (AvgIpc) is 2.38. The van der Waals surface area contributed by atoms with E-state index in [2.05, 4.69) is 15.0 Å². The fourth-order valence-corrected chi connectivity index (χ4v) is 1.86. The van der Waals surface area contributed by atoms with Gasteiger partial charge in [-0.1, -0.05) is 18.2 Å². The van der Waals surface area contributed by atoms with E-state index in [1.165, 1.54) is 6.20 Å². The first-order chi connectivity index (χ1) is 8.34. The molecule has 2 heterocycles. The van der Waals surface area contributed by atoms with Crippen LogP contribution in [0.2, 0.25) is 0 Å². The monoisotopic (exact) mass is 223 g/mol. The number of aromatic nitrogens is 3. The highest BCUT2D eigenvalue weighted by Gasteiger charge is 2.04. The minimum absolute atomic E-state index is 0.344. The minimum atomic E-state index is -0.344. The number of benzene rings is 1. The van der Waals surface area contributed by atoms with Crippen molar-refractivity contribution < 1.29 is 0 Å². The summed E-state index contributed by atoms with van der Waals surface area (Å²) in [6.07, 6.45) is 3.25. The molecule has 1 N–H and O–H groups in total. The Morgan fingerprint density at radius 3 is 2.76 bits per heavy atom. The number of nitrogens with zero attached hydrogens (tertiary/aromatic N) is 2. The topological polar surface area (TPSA) is 58.6 Å². The predicted octanol–water partition coefficient (Wildman–Crippen LogP) is 1.99. The second-order valence-electron chi connectivity index (χ2n) is 3.66. The zero-order valence-electron chi connectivity index (χ0n) is 8.92. The Kier molecular flexibility index (Phi) is 2.19. The second-order valence-corrected chi connectivity index (χ2v) is 3.66. The van der Waals surface area contributed by atoms with Crippen LogP contribution in [-0.4, -0.2) is 15.0 Å². The molecular formula is C13H9N3O. The van der Waals surface area contributed by atoms with Crippen LogP contribution in [0.1, 0.15) is 0 Å². The van der Waals surface area contributed by atoms with Gasteiger partial charge in [-0.2, -0.15) is 0 Å². The Balaban J connectivity index is 2.34. The zero-order chi connectivity index (χ0) is 11.7. The molecule has 0 saturated heterocycles. The Morgan fingerprint density at radius 1 is 0.941 bits per heavy atom. The lowest BCUT2D eigenvalue weighted by molar-refractivity contribution is 1.08. The van der Waals surface area contributed by atoms with Crippen molar-refractivity contribution >= 4 is 10.9 Å². The summed E-state index contributed by atoms with van der Waals surface area (Å²) in [5, 5.41) is 1.01. The molecule has 0 fully saturated rings. The molecule has 0 spiro atoms. The van der Waals surface area contributed by atoms with Crippen LogP contribution in [0.5, 0.6) is 0 Å². The molecule has 0 aliphatic rings. The summed E-state index contributed by atoms with van der Waals surface area (Å²) in [6.45, 7) is 0. The van der Waals surface area contributed by atoms with Crippen LogP contribution >= 0.6 is 0 Å². The van der Waals surface area contributed by atoms with Gasteiger partial charge in [-0.05, 0) is 18.2 Å². The molecule has 0 amide bonds. The fraction of sp³-hybridized carbons (Fsp3) is 0. The van der Waals surface area contributed by atoms with Gasteiger partial charge >= 0.3 is 5.69 Å². The summed E-state index contributed by atoms with van der Waals surface area (Å²) in [7, 11) is 0. The summed E-state index contributed by atoms with van der Waals surface area (Å²) in [5.41, 5.74) is 2.27. The molecule has 0 aliphatic heterocycles. The van der Waals surface area contributed by atoms with Crippen molar-refractivity contribution in [3.63, 3.8) is 0 Å². The molecule has 0 radical (unpaired) electrons. The molecule has 4 nitrogen and oxygen atoms in total. The summed E-state index contributed by atoms with van der Waals surface area (Å²) in [4.78, 5) is 21.8. The Labute approximate surface area is 97.0 Å². The molecule has 3 rings (SSSR count). The highest BCUT2D eigenvalue weighted by molar-refractivity contribution is 5.93. The minimum Gasteiger partial charge on any atom is -0.305 e. The molecule has 3 aromatic rings. The normalized spacial score (nSPS) is 10.6. The quantitative estimate of drug-likeness (QED) is 0.686. The van der Waals surface area contributed by atoms with Crippen LogP contribution in [-0.2, 0) is 0 Å². The first kappa shape index (κ1) is 9.72. The van der Waals surface area contributed by atoms with Gasteiger partial charge in [0.15, 0.2) is 0 Å². The molecule has 0 aliphatic carbocycles. The van der Waals surface area contributed by atoms with E-state index in [0.29, 0.717) is 0 Å². The average molecular weight is 223 g/mol. The van der Waals surface area contributed by atoms with Gasteiger partial charge in [-0.15, -0.1) is 0 Å². The van der Waals surface area contributed by atoms with E-state index in [1.807, 2.05) is 30.3 Å². The van der Waals surface area contributed by atoms with Crippen LogP contribution in [0.25, 0.3) is 22.2 Å². The van der Waals surface area contributed by atoms with Crippen LogP contribution in [0, 0.1) is 0 Å². The van der Waals surface area contributed by atoms with E-state index in [9.17, 15) is 4.79 Å². The maximum absolute atomic E-state index is 11.2. The van der Waals surface area contributed by atoms with Crippen LogP contribution in [0.15, 0.2) is 53.6 Å². The van der Waals surface area contributed by atoms with E-state index in [0.717, 1.165) is 22.2 Å². The highest BCUT2D eigenvalue weighted by Crippen LogP contribution is 2.24. The van der Waals surface area contributed by atoms with Gasteiger partial charge in [0.05, 0.1) is 11.2 Å². The maximum Gasteiger partial charge on any atom is 0.345 e. The summed E-state index contributed by atoms with van der Waals surface area (Å²) in [6, 6.07) is 11.5. The number of rotatable bonds is 1. The standard InChI is InChI=1S/C13H9N3O/c17-13-15-8-6-12(16-13)10-3-1-5-11-9(10)4-2-7-14-11/h1-8H,(H,15,16,17). The molecule has 17 heavy (non-hydrogen) atoms. The van der Waals surface area contributed by atoms with E-state index in [-0.39, 0.29) is 5.69 Å². The van der Waals surface area contributed by atoms with Crippen molar-refractivity contribution in [3.8, 4) is 11.3 Å². The highest BCUT2D eigenvalue weighted by atomic mass is 16.1. The lowest BCUT2D eigenvalue weighted by Gasteiger charge is -2.04. The van der Waals surface area contributed by atoms with Crippen molar-refractivity contribution in [2.75, 3.05) is 0 Å². The smallest absolute Gasteiger partial charge is 0.305 e. The SMILES string of the molecule is O=c1nccc(-c2cccc3ncccc23)[nH]1. The first-order valence-electron chi connectivity index (χ1n) is 5.24. The summed E-state index contributed by atoms with van der Waals surface area (Å²) in [5.74, 6) is 0. The molecule has 0 saturated carbocycles. The third-order valence-electron chi connectivity index (χ3n) is 2.61. The van der Waals surface area contributed by atoms with E-state index < -0.39 is 0 Å². The van der Waals surface area contributed by atoms with Crippen molar-refractivity contribution in [1.29, 1.82) is 0 Å². The zero-order valence-corrected chi connectivity index (χ0v) is 8.92. The number of hydrogen-bond acceptors (Lipinski definition) is 3. The Bertz CT molecular complexity index is 728. The van der Waals surface area contributed by atoms with E-state index in [1.54, 1.807) is 12.3 Å². The number of hydrogen-bond donors (Lipinski definition) is 1. The number of fused-ring (bicyclic) bond motifs is 1. The second kappa shape index (κ2) is 3.83. The molecule has 0 atom stereocenters. The van der Waals surface area contributed by atoms with Gasteiger partial charge in [-0.25, -0.2) is 9.78 Å². The molecular weight excluding hydrogens is 214 g/mol. The molecule has 0 bridgehead atoms. The van der Waals surface area contributed by atoms with E-state index in [4.69, 9.17) is 0 Å². The number of nitrogens with one attached hydrogen (secondary N) is 1. The molecule has 1 aromatic carbocycles. The number of aromatic amines is 1. The summed E-state index contributed by atoms with van der Waals surface area (Å²) >= 11 is 0. The Morgan fingerprint density at radius 2 is 1.88 bits per heavy atom. The Hall–Kier alpha value is -2.49. The fourth-order valence-electron chi connectivity index (χ4n) is 1.86. The lowest BCUT2D eigenvalue weighted by Crippen LogP contribution is -2.09. The number of H-pyrrole nitrogens is 1. The van der Waals surface area contributed by atoms with Crippen molar-refractivity contribution in [2.24, 2.45) is 0 Å². The van der Waals surface area contributed by atoms with Gasteiger partial charge in [0, 0.05) is 23.3 Å². The first-order valence-corrected chi connectivity index (χ1v) is 5.24. The largest absolute Gasteiger partial charge is 0.345 e. The van der Waals surface area contributed by atoms with Gasteiger partial charge in [0.25, 0.3) is 0 Å². The lowest BCUT2D eigenvalue weighted by atomic mass is 10.1. The van der Waals surface area contributed by atoms with Crippen molar-refractivity contribution in [2.45, 2.75) is 0 Å². The maximum atomic E-state index is 11.2. The molecule has 82 valence electrons. The predicted molar refractivity (Wildman–Crippen MR) is 65.6 cm³/mol. The van der Waals surface area contributed by atoms with Crippen LogP contribution in [0.3, 0.4) is 0 Å². The summed E-state index contributed by atoms with van der Waals surface area (Å²) < 4.78 is 0. The van der Waals surface area contributed by atoms with Gasteiger partial charge in [0.1, 0.15) is 0 Å². The van der Waals surface area contributed by atoms with Gasteiger partial charge in [0.2, 0.25) is 0 Å². The van der Waals surface area contributed by atoms with Crippen molar-refractivity contribution in [1.82, 2.24) is 15.0 Å². The third-order valence-corrected chi connectivity index (χ3v) is 2.61. The van der Waals surface area contributed by atoms with Crippen molar-refractivity contribution in [3.05, 3.63) is 59.3 Å². The van der Waals surface area contributed by atoms with Gasteiger partial charge < -0.3 is 4.98 Å². The molecule has 4 heteroatoms. The van der Waals surface area contributed by atoms with Crippen LogP contribution < -0.4 is 5.69 Å². The van der Waals surface area contributed by atoms with Crippen LogP contribution in [0.4, 0.5) is 0 Å². The van der Waals surface area contributed by atoms with E-state index >= 15 is 0 Å². The molecule has 2 aromatic heterocycles.